The normalized spacial score (nSPS) is 11.5. The lowest BCUT2D eigenvalue weighted by molar-refractivity contribution is -0.137. The van der Waals surface area contributed by atoms with Crippen LogP contribution in [0.5, 0.6) is 5.75 Å². The predicted octanol–water partition coefficient (Wildman–Crippen LogP) is 8.04. The number of alkyl halides is 3. The van der Waals surface area contributed by atoms with Crippen LogP contribution in [0.3, 0.4) is 0 Å². The van der Waals surface area contributed by atoms with Crippen molar-refractivity contribution >= 4 is 91.1 Å². The van der Waals surface area contributed by atoms with Crippen LogP contribution < -0.4 is 15.5 Å². The maximum absolute atomic E-state index is 12.9. The van der Waals surface area contributed by atoms with E-state index < -0.39 is 11.7 Å². The lowest BCUT2D eigenvalue weighted by Crippen LogP contribution is -2.20. The SMILES string of the molecule is O=C(Cc1csc(Nc2cccc(C(F)(F)F)c2)n1)N/N=C\c1cc(I)c(OCc2ccccc2Cl)c(I)c1. The number of nitrogens with zero attached hydrogens (tertiary/aromatic N) is 2. The van der Waals surface area contributed by atoms with Crippen LogP contribution in [0.1, 0.15) is 22.4 Å². The number of hydrogen-bond donors (Lipinski definition) is 2. The summed E-state index contributed by atoms with van der Waals surface area (Å²) in [7, 11) is 0. The number of aromatic nitrogens is 1. The lowest BCUT2D eigenvalue weighted by atomic mass is 10.2. The van der Waals surface area contributed by atoms with E-state index in [2.05, 4.69) is 66.0 Å². The van der Waals surface area contributed by atoms with Crippen molar-refractivity contribution in [2.45, 2.75) is 19.2 Å². The molecule has 2 N–H and O–H groups in total. The summed E-state index contributed by atoms with van der Waals surface area (Å²) in [4.78, 5) is 16.6. The largest absolute Gasteiger partial charge is 0.487 e. The van der Waals surface area contributed by atoms with Crippen molar-refractivity contribution in [1.82, 2.24) is 10.4 Å². The molecule has 39 heavy (non-hydrogen) atoms. The van der Waals surface area contributed by atoms with Gasteiger partial charge in [0.1, 0.15) is 12.4 Å². The van der Waals surface area contributed by atoms with Crippen LogP contribution >= 0.6 is 68.1 Å². The molecule has 4 rings (SSSR count). The molecule has 1 amide bonds. The number of benzene rings is 3. The highest BCUT2D eigenvalue weighted by Crippen LogP contribution is 2.32. The molecular formula is C26H18ClF3I2N4O2S. The second-order valence-corrected chi connectivity index (χ2v) is 11.6. The summed E-state index contributed by atoms with van der Waals surface area (Å²) in [6, 6.07) is 16.1. The maximum atomic E-state index is 12.9. The van der Waals surface area contributed by atoms with Crippen molar-refractivity contribution in [3.63, 3.8) is 0 Å². The Bertz CT molecular complexity index is 1490. The number of carbonyl (C=O) groups excluding carboxylic acids is 1. The fourth-order valence-electron chi connectivity index (χ4n) is 3.28. The van der Waals surface area contributed by atoms with Gasteiger partial charge in [-0.25, -0.2) is 10.4 Å². The molecule has 3 aromatic carbocycles. The van der Waals surface area contributed by atoms with Crippen molar-refractivity contribution in [2.24, 2.45) is 5.10 Å². The van der Waals surface area contributed by atoms with E-state index in [4.69, 9.17) is 16.3 Å². The third-order valence-corrected chi connectivity index (χ3v) is 7.87. The zero-order valence-electron chi connectivity index (χ0n) is 19.7. The number of carbonyl (C=O) groups is 1. The van der Waals surface area contributed by atoms with E-state index in [0.29, 0.717) is 22.5 Å². The molecule has 0 saturated heterocycles. The molecule has 1 aromatic heterocycles. The number of anilines is 2. The van der Waals surface area contributed by atoms with Crippen molar-refractivity contribution in [2.75, 3.05) is 5.32 Å². The number of hydrazone groups is 1. The van der Waals surface area contributed by atoms with Gasteiger partial charge in [0.15, 0.2) is 5.13 Å². The van der Waals surface area contributed by atoms with Gasteiger partial charge in [-0.1, -0.05) is 35.9 Å². The van der Waals surface area contributed by atoms with E-state index in [9.17, 15) is 18.0 Å². The molecule has 0 bridgehead atoms. The second-order valence-electron chi connectivity index (χ2n) is 8.01. The zero-order valence-corrected chi connectivity index (χ0v) is 25.6. The summed E-state index contributed by atoms with van der Waals surface area (Å²) in [5, 5.41) is 9.54. The molecule has 0 spiro atoms. The Morgan fingerprint density at radius 3 is 2.56 bits per heavy atom. The molecule has 13 heteroatoms. The Hall–Kier alpha value is -2.43. The molecule has 6 nitrogen and oxygen atoms in total. The van der Waals surface area contributed by atoms with E-state index in [0.717, 1.165) is 36.1 Å². The number of ether oxygens (including phenoxy) is 1. The van der Waals surface area contributed by atoms with Crippen molar-refractivity contribution in [3.8, 4) is 5.75 Å². The van der Waals surface area contributed by atoms with E-state index in [1.54, 1.807) is 5.38 Å². The van der Waals surface area contributed by atoms with Crippen LogP contribution in [0, 0.1) is 7.14 Å². The van der Waals surface area contributed by atoms with E-state index in [-0.39, 0.29) is 18.0 Å². The van der Waals surface area contributed by atoms with E-state index in [1.807, 2.05) is 36.4 Å². The van der Waals surface area contributed by atoms with Crippen LogP contribution in [0.4, 0.5) is 24.0 Å². The van der Waals surface area contributed by atoms with Gasteiger partial charge < -0.3 is 10.1 Å². The van der Waals surface area contributed by atoms with Crippen LogP contribution in [0.15, 0.2) is 71.1 Å². The lowest BCUT2D eigenvalue weighted by Gasteiger charge is -2.12. The molecule has 0 radical (unpaired) electrons. The average Bonchev–Trinajstić information content (AvgIpc) is 3.30. The minimum atomic E-state index is -4.44. The van der Waals surface area contributed by atoms with Gasteiger partial charge in [-0.15, -0.1) is 11.3 Å². The summed E-state index contributed by atoms with van der Waals surface area (Å²) in [5.41, 5.74) is 4.09. The van der Waals surface area contributed by atoms with Crippen molar-refractivity contribution in [3.05, 3.63) is 101 Å². The summed E-state index contributed by atoms with van der Waals surface area (Å²) < 4.78 is 46.5. The molecule has 0 aliphatic carbocycles. The standard InChI is InChI=1S/C26H18ClF3I2N4O2S/c27-20-7-2-1-4-16(20)13-38-24-21(31)8-15(9-22(24)32)12-33-36-23(37)11-19-14-39-25(35-19)34-18-6-3-5-17(10-18)26(28,29)30/h1-10,12,14H,11,13H2,(H,34,35)(H,36,37)/b33-12-. The van der Waals surface area contributed by atoms with Gasteiger partial charge >= 0.3 is 6.18 Å². The molecule has 0 fully saturated rings. The first-order chi connectivity index (χ1) is 18.6. The number of amides is 1. The first-order valence-electron chi connectivity index (χ1n) is 11.1. The third kappa shape index (κ3) is 8.53. The van der Waals surface area contributed by atoms with Crippen molar-refractivity contribution in [1.29, 1.82) is 0 Å². The first kappa shape index (κ1) is 29.6. The Balaban J connectivity index is 1.30. The van der Waals surface area contributed by atoms with Gasteiger partial charge in [-0.2, -0.15) is 18.3 Å². The Labute approximate surface area is 258 Å². The fraction of sp³-hybridized carbons (Fsp3) is 0.115. The molecule has 0 saturated carbocycles. The molecule has 4 aromatic rings. The molecular weight excluding hydrogens is 779 g/mol. The van der Waals surface area contributed by atoms with Crippen LogP contribution in [-0.2, 0) is 24.0 Å². The number of hydrogen-bond acceptors (Lipinski definition) is 6. The molecule has 202 valence electrons. The Morgan fingerprint density at radius 2 is 1.85 bits per heavy atom. The summed E-state index contributed by atoms with van der Waals surface area (Å²) >= 11 is 11.7. The van der Waals surface area contributed by atoms with Crippen molar-refractivity contribution < 1.29 is 22.7 Å². The minimum Gasteiger partial charge on any atom is -0.487 e. The molecule has 0 unspecified atom stereocenters. The fourth-order valence-corrected chi connectivity index (χ4v) is 6.33. The maximum Gasteiger partial charge on any atom is 0.416 e. The Kier molecular flexibility index (Phi) is 10.1. The predicted molar refractivity (Wildman–Crippen MR) is 164 cm³/mol. The van der Waals surface area contributed by atoms with E-state index in [1.165, 1.54) is 29.7 Å². The average molecular weight is 797 g/mol. The molecule has 0 atom stereocenters. The second kappa shape index (κ2) is 13.3. The number of halogens is 6. The van der Waals surface area contributed by atoms with Gasteiger partial charge in [-0.05, 0) is 87.1 Å². The van der Waals surface area contributed by atoms with Gasteiger partial charge in [0.2, 0.25) is 5.91 Å². The highest BCUT2D eigenvalue weighted by atomic mass is 127. The molecule has 1 heterocycles. The summed E-state index contributed by atoms with van der Waals surface area (Å²) in [6.07, 6.45) is -2.95. The Morgan fingerprint density at radius 1 is 1.10 bits per heavy atom. The zero-order chi connectivity index (χ0) is 28.0. The highest BCUT2D eigenvalue weighted by Gasteiger charge is 2.30. The molecule has 0 aliphatic rings. The van der Waals surface area contributed by atoms with Gasteiger partial charge in [0.25, 0.3) is 0 Å². The van der Waals surface area contributed by atoms with Crippen LogP contribution in [-0.4, -0.2) is 17.1 Å². The number of thiazole rings is 1. The van der Waals surface area contributed by atoms with Crippen LogP contribution in [0.2, 0.25) is 5.02 Å². The third-order valence-electron chi connectivity index (χ3n) is 5.09. The van der Waals surface area contributed by atoms with Gasteiger partial charge in [0.05, 0.1) is 31.0 Å². The monoisotopic (exact) mass is 796 g/mol. The topological polar surface area (TPSA) is 75.6 Å². The van der Waals surface area contributed by atoms with Gasteiger partial charge in [-0.3, -0.25) is 4.79 Å². The van der Waals surface area contributed by atoms with Crippen LogP contribution in [0.25, 0.3) is 0 Å². The van der Waals surface area contributed by atoms with E-state index >= 15 is 0 Å². The summed E-state index contributed by atoms with van der Waals surface area (Å²) in [5.74, 6) is 0.349. The minimum absolute atomic E-state index is 0.0397. The quantitative estimate of drug-likeness (QED) is 0.102. The molecule has 0 aliphatic heterocycles. The van der Waals surface area contributed by atoms with Gasteiger partial charge in [0, 0.05) is 21.7 Å². The smallest absolute Gasteiger partial charge is 0.416 e. The highest BCUT2D eigenvalue weighted by molar-refractivity contribution is 14.1. The number of rotatable bonds is 9. The first-order valence-corrected chi connectivity index (χ1v) is 14.6. The number of nitrogens with one attached hydrogen (secondary N) is 2. The summed E-state index contributed by atoms with van der Waals surface area (Å²) in [6.45, 7) is 0.336.